The Kier molecular flexibility index (Phi) is 8.46. The van der Waals surface area contributed by atoms with Crippen molar-refractivity contribution in [2.24, 2.45) is 0 Å². The summed E-state index contributed by atoms with van der Waals surface area (Å²) in [5, 5.41) is 1.30. The van der Waals surface area contributed by atoms with Gasteiger partial charge in [0.1, 0.15) is 0 Å². The molecule has 0 bridgehead atoms. The molecule has 4 nitrogen and oxygen atoms in total. The lowest BCUT2D eigenvalue weighted by Crippen LogP contribution is -2.38. The van der Waals surface area contributed by atoms with Crippen molar-refractivity contribution in [3.63, 3.8) is 0 Å². The van der Waals surface area contributed by atoms with Crippen LogP contribution in [0.5, 0.6) is 0 Å². The highest BCUT2D eigenvalue weighted by molar-refractivity contribution is 7.22. The van der Waals surface area contributed by atoms with E-state index in [-0.39, 0.29) is 18.3 Å². The van der Waals surface area contributed by atoms with Crippen LogP contribution in [0.1, 0.15) is 35.3 Å². The largest absolute Gasteiger partial charge is 0.302 e. The van der Waals surface area contributed by atoms with Crippen LogP contribution in [0.3, 0.4) is 0 Å². The standard InChI is InChI=1S/C22H26ClN3OS.ClH/c1-5-25(6-2)10-11-26(21(27)17-8-7-9-18(23)14-17)22-24-20-16(4)12-15(3)13-19(20)28-22;/h7-9,12-14H,5-6,10-11H2,1-4H3;1H. The van der Waals surface area contributed by atoms with Gasteiger partial charge in [0.15, 0.2) is 5.13 Å². The second-order valence-corrected chi connectivity index (χ2v) is 8.36. The Labute approximate surface area is 187 Å². The molecule has 0 unspecified atom stereocenters. The lowest BCUT2D eigenvalue weighted by Gasteiger charge is -2.24. The molecule has 1 aromatic heterocycles. The molecule has 0 spiro atoms. The minimum Gasteiger partial charge on any atom is -0.302 e. The number of likely N-dealkylation sites (N-methyl/N-ethyl adjacent to an activating group) is 1. The molecule has 0 fully saturated rings. The molecule has 0 radical (unpaired) electrons. The summed E-state index contributed by atoms with van der Waals surface area (Å²) in [6, 6.07) is 11.4. The first-order chi connectivity index (χ1) is 13.4. The molecule has 0 aliphatic rings. The van der Waals surface area contributed by atoms with Gasteiger partial charge in [0.05, 0.1) is 10.2 Å². The lowest BCUT2D eigenvalue weighted by atomic mass is 10.1. The number of rotatable bonds is 7. The van der Waals surface area contributed by atoms with Crippen LogP contribution in [0, 0.1) is 13.8 Å². The zero-order valence-corrected chi connectivity index (χ0v) is 19.6. The van der Waals surface area contributed by atoms with Gasteiger partial charge in [-0.25, -0.2) is 4.98 Å². The van der Waals surface area contributed by atoms with Gasteiger partial charge in [0.25, 0.3) is 5.91 Å². The molecule has 0 aliphatic heterocycles. The highest BCUT2D eigenvalue weighted by Gasteiger charge is 2.22. The minimum absolute atomic E-state index is 0. The number of benzene rings is 2. The topological polar surface area (TPSA) is 36.4 Å². The summed E-state index contributed by atoms with van der Waals surface area (Å²) in [7, 11) is 0. The van der Waals surface area contributed by atoms with E-state index in [9.17, 15) is 4.79 Å². The van der Waals surface area contributed by atoms with Crippen molar-refractivity contribution in [3.8, 4) is 0 Å². The molecule has 0 saturated carbocycles. The van der Waals surface area contributed by atoms with Gasteiger partial charge in [-0.05, 0) is 62.3 Å². The number of halogens is 2. The van der Waals surface area contributed by atoms with Crippen LogP contribution in [0.4, 0.5) is 5.13 Å². The first-order valence-corrected chi connectivity index (χ1v) is 10.8. The zero-order chi connectivity index (χ0) is 20.3. The van der Waals surface area contributed by atoms with Crippen molar-refractivity contribution >= 4 is 56.6 Å². The smallest absolute Gasteiger partial charge is 0.260 e. The maximum atomic E-state index is 13.3. The van der Waals surface area contributed by atoms with Crippen LogP contribution in [-0.2, 0) is 0 Å². The number of amides is 1. The number of hydrogen-bond acceptors (Lipinski definition) is 4. The summed E-state index contributed by atoms with van der Waals surface area (Å²) in [4.78, 5) is 22.3. The van der Waals surface area contributed by atoms with E-state index in [1.165, 1.54) is 5.56 Å². The summed E-state index contributed by atoms with van der Waals surface area (Å²) in [5.74, 6) is -0.0666. The van der Waals surface area contributed by atoms with Crippen molar-refractivity contribution in [1.82, 2.24) is 9.88 Å². The third-order valence-electron chi connectivity index (χ3n) is 4.90. The number of thiazole rings is 1. The van der Waals surface area contributed by atoms with Crippen LogP contribution < -0.4 is 4.90 Å². The summed E-state index contributed by atoms with van der Waals surface area (Å²) in [6.07, 6.45) is 0. The second-order valence-electron chi connectivity index (χ2n) is 6.92. The fourth-order valence-electron chi connectivity index (χ4n) is 3.32. The first-order valence-electron chi connectivity index (χ1n) is 9.60. The SMILES string of the molecule is CCN(CC)CCN(C(=O)c1cccc(Cl)c1)c1nc2c(C)cc(C)cc2s1.Cl. The van der Waals surface area contributed by atoms with Crippen LogP contribution in [0.15, 0.2) is 36.4 Å². The number of nitrogens with zero attached hydrogens (tertiary/aromatic N) is 3. The number of hydrogen-bond donors (Lipinski definition) is 0. The van der Waals surface area contributed by atoms with Crippen molar-refractivity contribution in [3.05, 3.63) is 58.1 Å². The Bertz CT molecular complexity index is 985. The van der Waals surface area contributed by atoms with Gasteiger partial charge in [-0.2, -0.15) is 0 Å². The number of aromatic nitrogens is 1. The van der Waals surface area contributed by atoms with E-state index in [2.05, 4.69) is 44.7 Å². The van der Waals surface area contributed by atoms with Gasteiger partial charge in [-0.3, -0.25) is 9.69 Å². The molecule has 1 heterocycles. The maximum absolute atomic E-state index is 13.3. The summed E-state index contributed by atoms with van der Waals surface area (Å²) >= 11 is 7.69. The third kappa shape index (κ3) is 5.48. The van der Waals surface area contributed by atoms with Gasteiger partial charge >= 0.3 is 0 Å². The Morgan fingerprint density at radius 1 is 1.10 bits per heavy atom. The van der Waals surface area contributed by atoms with Crippen LogP contribution >= 0.6 is 35.3 Å². The first kappa shape index (κ1) is 23.6. The van der Waals surface area contributed by atoms with E-state index in [0.29, 0.717) is 17.1 Å². The number of carbonyl (C=O) groups excluding carboxylic acids is 1. The van der Waals surface area contributed by atoms with E-state index < -0.39 is 0 Å². The lowest BCUT2D eigenvalue weighted by molar-refractivity contribution is 0.0984. The molecule has 0 N–H and O–H groups in total. The Morgan fingerprint density at radius 2 is 1.83 bits per heavy atom. The Hall–Kier alpha value is -1.66. The third-order valence-corrected chi connectivity index (χ3v) is 6.16. The Balaban J connectivity index is 0.00000300. The molecule has 0 aliphatic carbocycles. The molecule has 7 heteroatoms. The maximum Gasteiger partial charge on any atom is 0.260 e. The van der Waals surface area contributed by atoms with Gasteiger partial charge in [-0.1, -0.05) is 48.9 Å². The fraction of sp³-hybridized carbons (Fsp3) is 0.364. The second kappa shape index (κ2) is 10.4. The van der Waals surface area contributed by atoms with Crippen molar-refractivity contribution in [2.45, 2.75) is 27.7 Å². The average Bonchev–Trinajstić information content (AvgIpc) is 3.09. The van der Waals surface area contributed by atoms with E-state index in [4.69, 9.17) is 16.6 Å². The van der Waals surface area contributed by atoms with E-state index in [1.807, 2.05) is 6.07 Å². The molecule has 0 saturated heterocycles. The van der Waals surface area contributed by atoms with Gasteiger partial charge in [0.2, 0.25) is 0 Å². The van der Waals surface area contributed by atoms with Crippen LogP contribution in [0.2, 0.25) is 5.02 Å². The zero-order valence-electron chi connectivity index (χ0n) is 17.2. The van der Waals surface area contributed by atoms with E-state index in [0.717, 1.165) is 40.5 Å². The molecular weight excluding hydrogens is 425 g/mol. The summed E-state index contributed by atoms with van der Waals surface area (Å²) < 4.78 is 1.11. The monoisotopic (exact) mass is 451 g/mol. The normalized spacial score (nSPS) is 11.0. The predicted octanol–water partition coefficient (Wildman–Crippen LogP) is 5.98. The molecule has 3 rings (SSSR count). The highest BCUT2D eigenvalue weighted by atomic mass is 35.5. The van der Waals surface area contributed by atoms with E-state index in [1.54, 1.807) is 34.4 Å². The molecule has 156 valence electrons. The van der Waals surface area contributed by atoms with Crippen molar-refractivity contribution in [2.75, 3.05) is 31.1 Å². The fourth-order valence-corrected chi connectivity index (χ4v) is 4.67. The Morgan fingerprint density at radius 3 is 2.48 bits per heavy atom. The summed E-state index contributed by atoms with van der Waals surface area (Å²) in [5.41, 5.74) is 3.89. The van der Waals surface area contributed by atoms with Crippen LogP contribution in [0.25, 0.3) is 10.2 Å². The number of anilines is 1. The molecule has 3 aromatic rings. The van der Waals surface area contributed by atoms with Crippen LogP contribution in [-0.4, -0.2) is 42.0 Å². The van der Waals surface area contributed by atoms with E-state index >= 15 is 0 Å². The molecular formula is C22H27Cl2N3OS. The summed E-state index contributed by atoms with van der Waals surface area (Å²) in [6.45, 7) is 11.7. The molecule has 0 atom stereocenters. The number of aryl methyl sites for hydroxylation is 2. The average molecular weight is 452 g/mol. The highest BCUT2D eigenvalue weighted by Crippen LogP contribution is 2.32. The minimum atomic E-state index is -0.0666. The molecule has 2 aromatic carbocycles. The molecule has 1 amide bonds. The number of carbonyl (C=O) groups is 1. The number of fused-ring (bicyclic) bond motifs is 1. The van der Waals surface area contributed by atoms with Gasteiger partial charge < -0.3 is 4.90 Å². The molecule has 29 heavy (non-hydrogen) atoms. The van der Waals surface area contributed by atoms with Gasteiger partial charge in [-0.15, -0.1) is 12.4 Å². The van der Waals surface area contributed by atoms with Crippen molar-refractivity contribution in [1.29, 1.82) is 0 Å². The quantitative estimate of drug-likeness (QED) is 0.443. The van der Waals surface area contributed by atoms with Gasteiger partial charge in [0, 0.05) is 23.7 Å². The predicted molar refractivity (Wildman–Crippen MR) is 127 cm³/mol. The van der Waals surface area contributed by atoms with Crippen molar-refractivity contribution < 1.29 is 4.79 Å².